The van der Waals surface area contributed by atoms with Crippen molar-refractivity contribution >= 4 is 27.3 Å². The predicted molar refractivity (Wildman–Crippen MR) is 91.0 cm³/mol. The van der Waals surface area contributed by atoms with Gasteiger partial charge in [0.25, 0.3) is 0 Å². The van der Waals surface area contributed by atoms with Crippen LogP contribution in [-0.2, 0) is 13.0 Å². The second-order valence-corrected chi connectivity index (χ2v) is 7.91. The maximum Gasteiger partial charge on any atom is 0.123 e. The van der Waals surface area contributed by atoms with Gasteiger partial charge in [0, 0.05) is 18.6 Å². The molecule has 0 aliphatic carbocycles. The predicted octanol–water partition coefficient (Wildman–Crippen LogP) is 4.04. The van der Waals surface area contributed by atoms with Crippen molar-refractivity contribution in [3.8, 4) is 0 Å². The summed E-state index contributed by atoms with van der Waals surface area (Å²) in [7, 11) is 2.07. The van der Waals surface area contributed by atoms with Gasteiger partial charge in [-0.25, -0.2) is 4.39 Å². The van der Waals surface area contributed by atoms with Crippen LogP contribution in [0.5, 0.6) is 0 Å². The Morgan fingerprint density at radius 3 is 2.67 bits per heavy atom. The highest BCUT2D eigenvalue weighted by Crippen LogP contribution is 2.25. The Morgan fingerprint density at radius 1 is 1.33 bits per heavy atom. The molecule has 1 heterocycles. The molecule has 0 spiro atoms. The third-order valence-electron chi connectivity index (χ3n) is 3.88. The Hall–Kier alpha value is -0.750. The largest absolute Gasteiger partial charge is 0.329 e. The third-order valence-corrected chi connectivity index (χ3v) is 5.43. The Labute approximate surface area is 137 Å². The molecular weight excluding hydrogens is 351 g/mol. The number of hydrogen-bond acceptors (Lipinski definition) is 3. The zero-order valence-electron chi connectivity index (χ0n) is 12.3. The lowest BCUT2D eigenvalue weighted by Crippen LogP contribution is -2.50. The van der Waals surface area contributed by atoms with E-state index in [-0.39, 0.29) is 11.4 Å². The number of thiophene rings is 1. The molecule has 0 bridgehead atoms. The van der Waals surface area contributed by atoms with E-state index >= 15 is 0 Å². The zero-order valence-corrected chi connectivity index (χ0v) is 14.7. The summed E-state index contributed by atoms with van der Waals surface area (Å²) in [5.41, 5.74) is 8.04. The summed E-state index contributed by atoms with van der Waals surface area (Å²) in [4.78, 5) is 2.24. The summed E-state index contributed by atoms with van der Waals surface area (Å²) in [6.07, 6.45) is 0.725. The van der Waals surface area contributed by atoms with E-state index in [9.17, 15) is 4.39 Å². The van der Waals surface area contributed by atoms with Crippen molar-refractivity contribution in [2.75, 3.05) is 13.6 Å². The highest BCUT2D eigenvalue weighted by atomic mass is 79.9. The van der Waals surface area contributed by atoms with Gasteiger partial charge in [-0.05, 0) is 71.0 Å². The van der Waals surface area contributed by atoms with Gasteiger partial charge < -0.3 is 5.73 Å². The first-order chi connectivity index (χ1) is 9.93. The molecule has 0 saturated heterocycles. The normalized spacial score (nSPS) is 14.4. The van der Waals surface area contributed by atoms with Crippen LogP contribution < -0.4 is 5.73 Å². The lowest BCUT2D eigenvalue weighted by Gasteiger charge is -2.38. The van der Waals surface area contributed by atoms with Gasteiger partial charge in [-0.15, -0.1) is 11.3 Å². The summed E-state index contributed by atoms with van der Waals surface area (Å²) >= 11 is 5.16. The van der Waals surface area contributed by atoms with Crippen molar-refractivity contribution in [1.82, 2.24) is 4.90 Å². The average Bonchev–Trinajstić information content (AvgIpc) is 2.84. The molecule has 0 saturated carbocycles. The molecule has 1 unspecified atom stereocenters. The zero-order chi connectivity index (χ0) is 15.5. The van der Waals surface area contributed by atoms with Gasteiger partial charge in [0.15, 0.2) is 0 Å². The smallest absolute Gasteiger partial charge is 0.123 e. The first kappa shape index (κ1) is 16.6. The van der Waals surface area contributed by atoms with E-state index in [1.54, 1.807) is 23.5 Å². The highest BCUT2D eigenvalue weighted by Gasteiger charge is 2.28. The number of nitrogens with zero attached hydrogens (tertiary/aromatic N) is 1. The lowest BCUT2D eigenvalue weighted by molar-refractivity contribution is 0.136. The molecule has 0 radical (unpaired) electrons. The number of halogens is 2. The van der Waals surface area contributed by atoms with Gasteiger partial charge in [-0.3, -0.25) is 4.90 Å². The third kappa shape index (κ3) is 4.36. The second-order valence-electron chi connectivity index (χ2n) is 5.62. The van der Waals surface area contributed by atoms with Crippen LogP contribution in [0.25, 0.3) is 0 Å². The molecule has 1 aromatic heterocycles. The van der Waals surface area contributed by atoms with Crippen molar-refractivity contribution in [3.63, 3.8) is 0 Å². The molecule has 2 N–H and O–H groups in total. The molecule has 2 aromatic rings. The minimum absolute atomic E-state index is 0.198. The van der Waals surface area contributed by atoms with Gasteiger partial charge >= 0.3 is 0 Å². The molecule has 0 fully saturated rings. The van der Waals surface area contributed by atoms with Crippen LogP contribution in [0.1, 0.15) is 18.1 Å². The minimum atomic E-state index is -0.206. The van der Waals surface area contributed by atoms with Gasteiger partial charge in [0.2, 0.25) is 0 Å². The van der Waals surface area contributed by atoms with Crippen molar-refractivity contribution in [3.05, 3.63) is 56.4 Å². The van der Waals surface area contributed by atoms with Crippen LogP contribution in [0.3, 0.4) is 0 Å². The van der Waals surface area contributed by atoms with Crippen LogP contribution >= 0.6 is 27.3 Å². The molecular formula is C16H20BrFN2S. The number of hydrogen-bond donors (Lipinski definition) is 1. The molecule has 1 atom stereocenters. The molecule has 2 nitrogen and oxygen atoms in total. The van der Waals surface area contributed by atoms with E-state index in [0.29, 0.717) is 6.54 Å². The summed E-state index contributed by atoms with van der Waals surface area (Å²) in [5.74, 6) is -0.198. The van der Waals surface area contributed by atoms with Crippen molar-refractivity contribution in [2.45, 2.75) is 25.4 Å². The fourth-order valence-electron chi connectivity index (χ4n) is 2.34. The number of benzene rings is 1. The maximum atomic E-state index is 13.3. The molecule has 2 rings (SSSR count). The minimum Gasteiger partial charge on any atom is -0.329 e. The molecule has 5 heteroatoms. The topological polar surface area (TPSA) is 29.3 Å². The van der Waals surface area contributed by atoms with Gasteiger partial charge in [-0.2, -0.15) is 0 Å². The number of likely N-dealkylation sites (N-methyl/N-ethyl adjacent to an activating group) is 1. The first-order valence-electron chi connectivity index (χ1n) is 6.81. The Morgan fingerprint density at radius 2 is 2.10 bits per heavy atom. The van der Waals surface area contributed by atoms with Crippen molar-refractivity contribution in [1.29, 1.82) is 0 Å². The SMILES string of the molecule is CN(Cc1csc(Br)c1)C(C)(CN)Cc1cccc(F)c1. The molecule has 1 aromatic carbocycles. The van der Waals surface area contributed by atoms with Crippen LogP contribution in [-0.4, -0.2) is 24.0 Å². The standard InChI is InChI=1S/C16H20BrFN2S/c1-16(11-19,8-12-4-3-5-14(18)6-12)20(2)9-13-7-15(17)21-10-13/h3-7,10H,8-9,11,19H2,1-2H3. The van der Waals surface area contributed by atoms with E-state index < -0.39 is 0 Å². The van der Waals surface area contributed by atoms with Crippen molar-refractivity contribution in [2.24, 2.45) is 5.73 Å². The summed E-state index contributed by atoms with van der Waals surface area (Å²) in [6, 6.07) is 8.88. The fourth-order valence-corrected chi connectivity index (χ4v) is 3.54. The van der Waals surface area contributed by atoms with Gasteiger partial charge in [0.05, 0.1) is 3.79 Å². The number of rotatable bonds is 6. The molecule has 0 amide bonds. The quantitative estimate of drug-likeness (QED) is 0.831. The summed E-state index contributed by atoms with van der Waals surface area (Å²) < 4.78 is 14.5. The Kier molecular flexibility index (Phi) is 5.54. The monoisotopic (exact) mass is 370 g/mol. The Bertz CT molecular complexity index is 601. The molecule has 114 valence electrons. The summed E-state index contributed by atoms with van der Waals surface area (Å²) in [5, 5.41) is 2.14. The van der Waals surface area contributed by atoms with Gasteiger partial charge in [-0.1, -0.05) is 12.1 Å². The van der Waals surface area contributed by atoms with E-state index in [1.165, 1.54) is 11.6 Å². The van der Waals surface area contributed by atoms with Crippen LogP contribution in [0.15, 0.2) is 39.5 Å². The van der Waals surface area contributed by atoms with E-state index in [2.05, 4.69) is 46.2 Å². The first-order valence-corrected chi connectivity index (χ1v) is 8.49. The lowest BCUT2D eigenvalue weighted by atomic mass is 9.91. The van der Waals surface area contributed by atoms with Crippen LogP contribution in [0.2, 0.25) is 0 Å². The van der Waals surface area contributed by atoms with E-state index in [1.807, 2.05) is 6.07 Å². The van der Waals surface area contributed by atoms with Gasteiger partial charge in [0.1, 0.15) is 5.82 Å². The van der Waals surface area contributed by atoms with E-state index in [4.69, 9.17) is 5.73 Å². The maximum absolute atomic E-state index is 13.3. The Balaban J connectivity index is 2.11. The second kappa shape index (κ2) is 7.01. The molecule has 0 aliphatic heterocycles. The number of nitrogens with two attached hydrogens (primary N) is 1. The molecule has 0 aliphatic rings. The van der Waals surface area contributed by atoms with Crippen LogP contribution in [0.4, 0.5) is 4.39 Å². The fraction of sp³-hybridized carbons (Fsp3) is 0.375. The highest BCUT2D eigenvalue weighted by molar-refractivity contribution is 9.11. The molecule has 21 heavy (non-hydrogen) atoms. The van der Waals surface area contributed by atoms with E-state index in [0.717, 1.165) is 22.3 Å². The average molecular weight is 371 g/mol. The summed E-state index contributed by atoms with van der Waals surface area (Å²) in [6.45, 7) is 3.47. The van der Waals surface area contributed by atoms with Crippen molar-refractivity contribution < 1.29 is 4.39 Å². The van der Waals surface area contributed by atoms with Crippen LogP contribution in [0, 0.1) is 5.82 Å².